The normalized spacial score (nSPS) is 19.0. The highest BCUT2D eigenvalue weighted by Gasteiger charge is 2.33. The van der Waals surface area contributed by atoms with E-state index < -0.39 is 0 Å². The number of fused-ring (bicyclic) bond motifs is 2. The van der Waals surface area contributed by atoms with Crippen LogP contribution in [0.5, 0.6) is 0 Å². The number of pyridine rings is 1. The standard InChI is InChI=1S/C22H24N4O2/c1-2-28-22(27)26-11-8-14(9-12-26)20-17-13-24-21-19(17)16(7-10-23-21)15-5-3-4-6-18(15)25-20/h3-7,10,13-14,20,25H,2,8-9,11-12H2,1H3,(H,23,24). The topological polar surface area (TPSA) is 70.2 Å². The predicted molar refractivity (Wildman–Crippen MR) is 109 cm³/mol. The molecule has 0 aliphatic carbocycles. The van der Waals surface area contributed by atoms with Gasteiger partial charge in [0.2, 0.25) is 0 Å². The zero-order valence-corrected chi connectivity index (χ0v) is 15.9. The van der Waals surface area contributed by atoms with Gasteiger partial charge in [-0.15, -0.1) is 0 Å². The van der Waals surface area contributed by atoms with Gasteiger partial charge in [0, 0.05) is 47.7 Å². The highest BCUT2D eigenvalue weighted by Crippen LogP contribution is 2.45. The van der Waals surface area contributed by atoms with Gasteiger partial charge in [0.25, 0.3) is 0 Å². The lowest BCUT2D eigenvalue weighted by Crippen LogP contribution is -2.41. The number of carbonyl (C=O) groups excluding carboxylic acids is 1. The molecule has 1 fully saturated rings. The Morgan fingerprint density at radius 1 is 1.21 bits per heavy atom. The van der Waals surface area contributed by atoms with Crippen molar-refractivity contribution in [1.29, 1.82) is 0 Å². The summed E-state index contributed by atoms with van der Waals surface area (Å²) in [6.45, 7) is 3.73. The van der Waals surface area contributed by atoms with E-state index in [1.165, 1.54) is 22.1 Å². The van der Waals surface area contributed by atoms with Crippen molar-refractivity contribution in [2.75, 3.05) is 25.0 Å². The van der Waals surface area contributed by atoms with Crippen molar-refractivity contribution < 1.29 is 9.53 Å². The molecular weight excluding hydrogens is 352 g/mol. The van der Waals surface area contributed by atoms with Crippen LogP contribution in [0.3, 0.4) is 0 Å². The molecule has 2 aromatic heterocycles. The van der Waals surface area contributed by atoms with Crippen molar-refractivity contribution in [3.05, 3.63) is 48.3 Å². The first-order chi connectivity index (χ1) is 13.8. The van der Waals surface area contributed by atoms with Crippen LogP contribution in [0.15, 0.2) is 42.7 Å². The number of nitrogens with zero attached hydrogens (tertiary/aromatic N) is 2. The summed E-state index contributed by atoms with van der Waals surface area (Å²) in [7, 11) is 0. The van der Waals surface area contributed by atoms with Gasteiger partial charge in [-0.2, -0.15) is 0 Å². The molecule has 2 N–H and O–H groups in total. The number of rotatable bonds is 2. The monoisotopic (exact) mass is 376 g/mol. The molecule has 1 saturated heterocycles. The van der Waals surface area contributed by atoms with E-state index in [9.17, 15) is 4.79 Å². The molecule has 1 unspecified atom stereocenters. The van der Waals surface area contributed by atoms with Crippen molar-refractivity contribution in [2.24, 2.45) is 5.92 Å². The van der Waals surface area contributed by atoms with Gasteiger partial charge in [-0.3, -0.25) is 0 Å². The Hall–Kier alpha value is -3.02. The number of aromatic nitrogens is 2. The molecule has 4 heterocycles. The first-order valence-corrected chi connectivity index (χ1v) is 10.00. The van der Waals surface area contributed by atoms with Crippen molar-refractivity contribution in [2.45, 2.75) is 25.8 Å². The van der Waals surface area contributed by atoms with Crippen LogP contribution < -0.4 is 5.32 Å². The van der Waals surface area contributed by atoms with E-state index in [0.29, 0.717) is 12.5 Å². The summed E-state index contributed by atoms with van der Waals surface area (Å²) >= 11 is 0. The number of carbonyl (C=O) groups is 1. The molecule has 0 radical (unpaired) electrons. The average Bonchev–Trinajstić information content (AvgIpc) is 3.10. The van der Waals surface area contributed by atoms with Crippen LogP contribution in [-0.4, -0.2) is 40.7 Å². The van der Waals surface area contributed by atoms with Gasteiger partial charge in [0.05, 0.1) is 12.6 Å². The van der Waals surface area contributed by atoms with Crippen LogP contribution >= 0.6 is 0 Å². The Morgan fingerprint density at radius 3 is 2.86 bits per heavy atom. The van der Waals surface area contributed by atoms with Gasteiger partial charge >= 0.3 is 6.09 Å². The summed E-state index contributed by atoms with van der Waals surface area (Å²) < 4.78 is 5.17. The molecule has 1 amide bonds. The third kappa shape index (κ3) is 2.71. The fourth-order valence-corrected chi connectivity index (χ4v) is 4.64. The molecule has 6 nitrogen and oxygen atoms in total. The molecule has 5 rings (SSSR count). The van der Waals surface area contributed by atoms with Gasteiger partial charge in [-0.25, -0.2) is 9.78 Å². The maximum Gasteiger partial charge on any atom is 0.409 e. The summed E-state index contributed by atoms with van der Waals surface area (Å²) in [6, 6.07) is 10.8. The molecule has 28 heavy (non-hydrogen) atoms. The van der Waals surface area contributed by atoms with E-state index in [0.717, 1.165) is 37.3 Å². The highest BCUT2D eigenvalue weighted by atomic mass is 16.6. The average molecular weight is 376 g/mol. The van der Waals surface area contributed by atoms with E-state index in [1.54, 1.807) is 0 Å². The van der Waals surface area contributed by atoms with Crippen molar-refractivity contribution in [1.82, 2.24) is 14.9 Å². The second kappa shape index (κ2) is 6.86. The Bertz CT molecular complexity index is 1020. The van der Waals surface area contributed by atoms with Gasteiger partial charge in [-0.05, 0) is 43.4 Å². The lowest BCUT2D eigenvalue weighted by Gasteiger charge is -2.36. The van der Waals surface area contributed by atoms with Crippen molar-refractivity contribution in [3.8, 4) is 11.1 Å². The Kier molecular flexibility index (Phi) is 4.19. The van der Waals surface area contributed by atoms with Crippen molar-refractivity contribution >= 4 is 22.8 Å². The number of benzene rings is 1. The van der Waals surface area contributed by atoms with Crippen LogP contribution in [0.2, 0.25) is 0 Å². The number of piperidine rings is 1. The summed E-state index contributed by atoms with van der Waals surface area (Å²) in [5.41, 5.74) is 5.78. The molecule has 2 aliphatic rings. The number of nitrogens with one attached hydrogen (secondary N) is 2. The lowest BCUT2D eigenvalue weighted by atomic mass is 9.85. The van der Waals surface area contributed by atoms with Gasteiger partial charge in [-0.1, -0.05) is 18.2 Å². The number of hydrogen-bond acceptors (Lipinski definition) is 4. The third-order valence-corrected chi connectivity index (χ3v) is 6.00. The van der Waals surface area contributed by atoms with Gasteiger partial charge in [0.1, 0.15) is 5.65 Å². The molecule has 144 valence electrons. The van der Waals surface area contributed by atoms with Crippen LogP contribution in [0.25, 0.3) is 22.2 Å². The fraction of sp³-hybridized carbons (Fsp3) is 0.364. The van der Waals surface area contributed by atoms with Crippen LogP contribution in [-0.2, 0) is 4.74 Å². The molecular formula is C22H24N4O2. The molecule has 1 atom stereocenters. The largest absolute Gasteiger partial charge is 0.450 e. The zero-order chi connectivity index (χ0) is 19.1. The number of anilines is 1. The minimum atomic E-state index is -0.196. The van der Waals surface area contributed by atoms with Crippen molar-refractivity contribution in [3.63, 3.8) is 0 Å². The number of ether oxygens (including phenoxy) is 1. The SMILES string of the molecule is CCOC(=O)N1CCC(C2Nc3ccccc3-c3ccnc4[nH]cc2c34)CC1. The van der Waals surface area contributed by atoms with E-state index in [-0.39, 0.29) is 12.1 Å². The first kappa shape index (κ1) is 17.1. The molecule has 1 aromatic carbocycles. The molecule has 2 aliphatic heterocycles. The van der Waals surface area contributed by atoms with E-state index in [4.69, 9.17) is 4.74 Å². The Labute approximate surface area is 163 Å². The summed E-state index contributed by atoms with van der Waals surface area (Å²) in [5, 5.41) is 5.02. The minimum Gasteiger partial charge on any atom is -0.450 e. The predicted octanol–water partition coefficient (Wildman–Crippen LogP) is 4.57. The van der Waals surface area contributed by atoms with Crippen LogP contribution in [0.4, 0.5) is 10.5 Å². The Balaban J connectivity index is 1.50. The first-order valence-electron chi connectivity index (χ1n) is 10.00. The maximum absolute atomic E-state index is 12.1. The number of likely N-dealkylation sites (tertiary alicyclic amines) is 1. The molecule has 0 bridgehead atoms. The number of hydrogen-bond donors (Lipinski definition) is 2. The summed E-state index contributed by atoms with van der Waals surface area (Å²) in [5.74, 6) is 0.434. The summed E-state index contributed by atoms with van der Waals surface area (Å²) in [4.78, 5) is 21.8. The molecule has 0 spiro atoms. The number of H-pyrrole nitrogens is 1. The number of amides is 1. The number of aromatic amines is 1. The van der Waals surface area contributed by atoms with Crippen LogP contribution in [0.1, 0.15) is 31.4 Å². The lowest BCUT2D eigenvalue weighted by molar-refractivity contribution is 0.0898. The second-order valence-electron chi connectivity index (χ2n) is 7.52. The Morgan fingerprint density at radius 2 is 2.04 bits per heavy atom. The second-order valence-corrected chi connectivity index (χ2v) is 7.52. The van der Waals surface area contributed by atoms with Crippen LogP contribution in [0, 0.1) is 5.92 Å². The highest BCUT2D eigenvalue weighted by molar-refractivity contribution is 6.00. The summed E-state index contributed by atoms with van der Waals surface area (Å²) in [6.07, 6.45) is 5.66. The smallest absolute Gasteiger partial charge is 0.409 e. The fourth-order valence-electron chi connectivity index (χ4n) is 4.64. The number of para-hydroxylation sites is 1. The van der Waals surface area contributed by atoms with E-state index in [2.05, 4.69) is 51.8 Å². The third-order valence-electron chi connectivity index (χ3n) is 6.00. The quantitative estimate of drug-likeness (QED) is 0.688. The molecule has 3 aromatic rings. The van der Waals surface area contributed by atoms with E-state index in [1.807, 2.05) is 18.0 Å². The molecule has 0 saturated carbocycles. The van der Waals surface area contributed by atoms with Gasteiger partial charge < -0.3 is 19.9 Å². The minimum absolute atomic E-state index is 0.185. The van der Waals surface area contributed by atoms with Gasteiger partial charge in [0.15, 0.2) is 0 Å². The zero-order valence-electron chi connectivity index (χ0n) is 15.9. The maximum atomic E-state index is 12.1. The molecule has 6 heteroatoms. The van der Waals surface area contributed by atoms with E-state index >= 15 is 0 Å².